The smallest absolute Gasteiger partial charge is 0.297 e. The first-order valence-corrected chi connectivity index (χ1v) is 4.99. The van der Waals surface area contributed by atoms with Crippen LogP contribution in [0.2, 0.25) is 4.28 Å². The van der Waals surface area contributed by atoms with Gasteiger partial charge in [0.15, 0.2) is 0 Å². The summed E-state index contributed by atoms with van der Waals surface area (Å²) in [4.78, 5) is 10.8. The Balaban J connectivity index is 2.72. The standard InChI is InChI=1S/C7H11O3.Al.2H/c8-6-4-2-1-3-5(6)7(9)10;;;/h6,8H,1-4H2,(H,9,10);;;. The van der Waals surface area contributed by atoms with Gasteiger partial charge >= 0.3 is 0 Å². The van der Waals surface area contributed by atoms with Gasteiger partial charge in [0.2, 0.25) is 16.3 Å². The van der Waals surface area contributed by atoms with Gasteiger partial charge in [-0.1, -0.05) is 12.8 Å². The molecule has 0 saturated heterocycles. The summed E-state index contributed by atoms with van der Waals surface area (Å²) >= 11 is 0.549. The molecular formula is C7H13AlO3. The molecule has 62 valence electrons. The molecule has 3 nitrogen and oxygen atoms in total. The molecule has 0 radical (unpaired) electrons. The average Bonchev–Trinajstić information content (AvgIpc) is 1.95. The summed E-state index contributed by atoms with van der Waals surface area (Å²) in [6.45, 7) is 0. The molecule has 0 amide bonds. The second-order valence-corrected chi connectivity index (χ2v) is 5.27. The molecule has 0 aliphatic heterocycles. The SMILES string of the molecule is O=C(O)[C@@]1([AlH2])CCCCC1O. The average molecular weight is 172 g/mol. The van der Waals surface area contributed by atoms with Crippen LogP contribution in [0.5, 0.6) is 0 Å². The number of hydrogen-bond acceptors (Lipinski definition) is 2. The molecule has 0 spiro atoms. The van der Waals surface area contributed by atoms with E-state index >= 15 is 0 Å². The van der Waals surface area contributed by atoms with Crippen LogP contribution < -0.4 is 0 Å². The van der Waals surface area contributed by atoms with E-state index in [9.17, 15) is 9.90 Å². The Morgan fingerprint density at radius 3 is 2.55 bits per heavy atom. The third-order valence-electron chi connectivity index (χ3n) is 2.65. The molecule has 1 rings (SSSR count). The molecule has 1 unspecified atom stereocenters. The van der Waals surface area contributed by atoms with E-state index < -0.39 is 16.4 Å². The lowest BCUT2D eigenvalue weighted by atomic mass is 9.85. The Labute approximate surface area is 73.8 Å². The van der Waals surface area contributed by atoms with Crippen molar-refractivity contribution in [2.24, 2.45) is 0 Å². The van der Waals surface area contributed by atoms with Crippen LogP contribution in [0.3, 0.4) is 0 Å². The fraction of sp³-hybridized carbons (Fsp3) is 0.857. The number of aliphatic hydroxyl groups excluding tert-OH is 1. The summed E-state index contributed by atoms with van der Waals surface area (Å²) in [7, 11) is 0. The Hall–Kier alpha value is -0.0375. The number of carboxylic acids is 1. The minimum atomic E-state index is -0.809. The second-order valence-electron chi connectivity index (χ2n) is 3.48. The highest BCUT2D eigenvalue weighted by molar-refractivity contribution is 6.27. The van der Waals surface area contributed by atoms with E-state index in [0.717, 1.165) is 12.8 Å². The Kier molecular flexibility index (Phi) is 2.58. The van der Waals surface area contributed by atoms with Gasteiger partial charge < -0.3 is 10.2 Å². The van der Waals surface area contributed by atoms with Gasteiger partial charge in [0, 0.05) is 4.28 Å². The van der Waals surface area contributed by atoms with Crippen LogP contribution in [-0.2, 0) is 4.79 Å². The molecular weight excluding hydrogens is 159 g/mol. The first-order chi connectivity index (χ1) is 5.07. The molecule has 0 aromatic heterocycles. The summed E-state index contributed by atoms with van der Waals surface area (Å²) in [6, 6.07) is 0. The van der Waals surface area contributed by atoms with Crippen molar-refractivity contribution in [3.8, 4) is 0 Å². The van der Waals surface area contributed by atoms with Crippen molar-refractivity contribution in [2.75, 3.05) is 0 Å². The van der Waals surface area contributed by atoms with Crippen LogP contribution in [0.15, 0.2) is 0 Å². The van der Waals surface area contributed by atoms with Crippen LogP contribution in [0.1, 0.15) is 25.7 Å². The molecule has 0 heterocycles. The fourth-order valence-corrected chi connectivity index (χ4v) is 2.21. The zero-order chi connectivity index (χ0) is 8.48. The van der Waals surface area contributed by atoms with Gasteiger partial charge in [-0.25, -0.2) is 0 Å². The number of hydrogen-bond donors (Lipinski definition) is 2. The van der Waals surface area contributed by atoms with Gasteiger partial charge in [0.1, 0.15) is 0 Å². The first kappa shape index (κ1) is 9.05. The predicted octanol–water partition coefficient (Wildman–Crippen LogP) is -0.202. The lowest BCUT2D eigenvalue weighted by molar-refractivity contribution is -0.145. The third-order valence-corrected chi connectivity index (χ3v) is 4.24. The monoisotopic (exact) mass is 172 g/mol. The summed E-state index contributed by atoms with van der Waals surface area (Å²) in [5, 5.41) is 18.3. The van der Waals surface area contributed by atoms with Crippen molar-refractivity contribution >= 4 is 22.3 Å². The summed E-state index contributed by atoms with van der Waals surface area (Å²) in [5.41, 5.74) is 0. The van der Waals surface area contributed by atoms with Gasteiger partial charge in [-0.15, -0.1) is 0 Å². The van der Waals surface area contributed by atoms with Gasteiger partial charge in [-0.2, -0.15) is 0 Å². The Bertz CT molecular complexity index is 171. The van der Waals surface area contributed by atoms with E-state index in [4.69, 9.17) is 5.11 Å². The number of carbonyl (C=O) groups is 1. The number of aliphatic carboxylic acids is 1. The highest BCUT2D eigenvalue weighted by atomic mass is 27.0. The summed E-state index contributed by atoms with van der Waals surface area (Å²) in [5.74, 6) is -0.809. The lowest BCUT2D eigenvalue weighted by Gasteiger charge is -2.34. The van der Waals surface area contributed by atoms with Crippen molar-refractivity contribution in [1.82, 2.24) is 0 Å². The summed E-state index contributed by atoms with van der Waals surface area (Å²) < 4.78 is -0.752. The Morgan fingerprint density at radius 1 is 1.55 bits per heavy atom. The molecule has 1 aliphatic carbocycles. The van der Waals surface area contributed by atoms with E-state index in [0.29, 0.717) is 29.1 Å². The summed E-state index contributed by atoms with van der Waals surface area (Å²) in [6.07, 6.45) is 2.65. The molecule has 1 fully saturated rings. The normalized spacial score (nSPS) is 38.5. The fourth-order valence-electron chi connectivity index (χ4n) is 1.56. The van der Waals surface area contributed by atoms with E-state index in [1.165, 1.54) is 0 Å². The van der Waals surface area contributed by atoms with E-state index in [1.54, 1.807) is 0 Å². The second kappa shape index (κ2) is 3.14. The minimum absolute atomic E-state index is 0.549. The van der Waals surface area contributed by atoms with Crippen LogP contribution in [0.25, 0.3) is 0 Å². The zero-order valence-electron chi connectivity index (χ0n) is 6.71. The van der Waals surface area contributed by atoms with Gasteiger partial charge in [-0.3, -0.25) is 4.79 Å². The molecule has 2 N–H and O–H groups in total. The molecule has 11 heavy (non-hydrogen) atoms. The number of rotatable bonds is 1. The lowest BCUT2D eigenvalue weighted by Crippen LogP contribution is -2.38. The third kappa shape index (κ3) is 1.59. The minimum Gasteiger partial charge on any atom is -0.482 e. The Morgan fingerprint density at radius 2 is 2.18 bits per heavy atom. The highest BCUT2D eigenvalue weighted by Crippen LogP contribution is 2.40. The van der Waals surface area contributed by atoms with Crippen LogP contribution in [0, 0.1) is 0 Å². The molecule has 1 saturated carbocycles. The molecule has 0 bridgehead atoms. The first-order valence-electron chi connectivity index (χ1n) is 3.99. The maximum Gasteiger partial charge on any atom is 0.297 e. The van der Waals surface area contributed by atoms with Crippen LogP contribution in [-0.4, -0.2) is 38.6 Å². The van der Waals surface area contributed by atoms with E-state index in [-0.39, 0.29) is 0 Å². The maximum absolute atomic E-state index is 10.8. The van der Waals surface area contributed by atoms with Gasteiger partial charge in [0.05, 0.1) is 6.10 Å². The van der Waals surface area contributed by atoms with Crippen molar-refractivity contribution in [3.05, 3.63) is 0 Å². The van der Waals surface area contributed by atoms with Crippen molar-refractivity contribution < 1.29 is 15.0 Å². The number of carboxylic acid groups (broad SMARTS) is 1. The highest BCUT2D eigenvalue weighted by Gasteiger charge is 2.41. The molecule has 2 atom stereocenters. The number of aliphatic hydroxyl groups is 1. The topological polar surface area (TPSA) is 57.5 Å². The van der Waals surface area contributed by atoms with Crippen molar-refractivity contribution in [2.45, 2.75) is 36.1 Å². The van der Waals surface area contributed by atoms with Crippen molar-refractivity contribution in [1.29, 1.82) is 0 Å². The van der Waals surface area contributed by atoms with E-state index in [1.807, 2.05) is 0 Å². The van der Waals surface area contributed by atoms with Gasteiger partial charge in [0.25, 0.3) is 5.97 Å². The quantitative estimate of drug-likeness (QED) is 0.538. The largest absolute Gasteiger partial charge is 0.482 e. The molecule has 4 heteroatoms. The predicted molar refractivity (Wildman–Crippen MR) is 43.3 cm³/mol. The molecule has 0 aromatic carbocycles. The van der Waals surface area contributed by atoms with Crippen LogP contribution in [0.4, 0.5) is 0 Å². The zero-order valence-corrected chi connectivity index (χ0v) is 8.71. The van der Waals surface area contributed by atoms with Crippen molar-refractivity contribution in [3.63, 3.8) is 0 Å². The van der Waals surface area contributed by atoms with Crippen LogP contribution >= 0.6 is 0 Å². The molecule has 0 aromatic rings. The van der Waals surface area contributed by atoms with Gasteiger partial charge in [-0.05, 0) is 12.8 Å². The molecule has 1 aliphatic rings. The maximum atomic E-state index is 10.8. The van der Waals surface area contributed by atoms with E-state index in [2.05, 4.69) is 0 Å².